The minimum atomic E-state index is -0.362. The second-order valence-electron chi connectivity index (χ2n) is 9.17. The number of fused-ring (bicyclic) bond motifs is 2. The Kier molecular flexibility index (Phi) is 5.65. The molecule has 3 heteroatoms. The van der Waals surface area contributed by atoms with Gasteiger partial charge >= 0.3 is 5.30 Å². The van der Waals surface area contributed by atoms with E-state index >= 15 is 0 Å². The van der Waals surface area contributed by atoms with Crippen LogP contribution in [0.15, 0.2) is 0 Å². The topological polar surface area (TPSA) is 26.3 Å². The third kappa shape index (κ3) is 4.67. The number of ether oxygens (including phenoxy) is 1. The summed E-state index contributed by atoms with van der Waals surface area (Å²) < 4.78 is 5.47. The number of hydrogen-bond acceptors (Lipinski definition) is 3. The van der Waals surface area contributed by atoms with Gasteiger partial charge in [-0.3, -0.25) is 0 Å². The highest BCUT2D eigenvalue weighted by Crippen LogP contribution is 2.52. The second kappa shape index (κ2) is 7.37. The summed E-state index contributed by atoms with van der Waals surface area (Å²) in [6.45, 7) is 5.85. The van der Waals surface area contributed by atoms with E-state index in [0.29, 0.717) is 0 Å². The highest BCUT2D eigenvalue weighted by Gasteiger charge is 2.42. The van der Waals surface area contributed by atoms with Crippen LogP contribution in [0.4, 0.5) is 4.79 Å². The molecule has 3 rings (SSSR count). The van der Waals surface area contributed by atoms with E-state index < -0.39 is 0 Å². The van der Waals surface area contributed by atoms with Gasteiger partial charge in [0.2, 0.25) is 0 Å². The summed E-state index contributed by atoms with van der Waals surface area (Å²) in [6, 6.07) is 0. The van der Waals surface area contributed by atoms with Gasteiger partial charge < -0.3 is 4.74 Å². The monoisotopic (exact) mass is 338 g/mol. The molecule has 0 aromatic carbocycles. The summed E-state index contributed by atoms with van der Waals surface area (Å²) in [7, 11) is 0. The van der Waals surface area contributed by atoms with Crippen molar-refractivity contribution in [2.75, 3.05) is 5.75 Å². The lowest BCUT2D eigenvalue weighted by Crippen LogP contribution is -2.40. The predicted octanol–water partition coefficient (Wildman–Crippen LogP) is 6.29. The van der Waals surface area contributed by atoms with E-state index in [0.717, 1.165) is 35.3 Å². The number of rotatable bonds is 2. The van der Waals surface area contributed by atoms with Crippen molar-refractivity contribution in [1.29, 1.82) is 0 Å². The molecule has 3 aliphatic rings. The summed E-state index contributed by atoms with van der Waals surface area (Å²) in [5.74, 6) is 5.59. The van der Waals surface area contributed by atoms with Gasteiger partial charge in [0.15, 0.2) is 0 Å². The minimum absolute atomic E-state index is 0.0778. The number of thioether (sulfide) groups is 1. The zero-order chi connectivity index (χ0) is 16.4. The minimum Gasteiger partial charge on any atom is -0.452 e. The number of carbonyl (C=O) groups is 1. The first kappa shape index (κ1) is 17.6. The predicted molar refractivity (Wildman–Crippen MR) is 97.7 cm³/mol. The Morgan fingerprint density at radius 1 is 0.957 bits per heavy atom. The quantitative estimate of drug-likeness (QED) is 0.554. The summed E-state index contributed by atoms with van der Waals surface area (Å²) >= 11 is 1.43. The van der Waals surface area contributed by atoms with Crippen LogP contribution in [0.25, 0.3) is 0 Å². The van der Waals surface area contributed by atoms with E-state index in [1.807, 2.05) is 20.8 Å². The van der Waals surface area contributed by atoms with E-state index in [1.54, 1.807) is 0 Å². The van der Waals surface area contributed by atoms with Crippen LogP contribution in [0.2, 0.25) is 0 Å². The molecule has 2 nitrogen and oxygen atoms in total. The first-order valence-electron chi connectivity index (χ1n) is 9.78. The lowest BCUT2D eigenvalue weighted by molar-refractivity contribution is 0.0243. The van der Waals surface area contributed by atoms with E-state index in [9.17, 15) is 4.79 Å². The molecular formula is C20H34O2S. The Morgan fingerprint density at radius 3 is 2.30 bits per heavy atom. The van der Waals surface area contributed by atoms with Crippen molar-refractivity contribution in [3.05, 3.63) is 0 Å². The zero-order valence-electron chi connectivity index (χ0n) is 15.2. The van der Waals surface area contributed by atoms with Crippen molar-refractivity contribution in [2.24, 2.45) is 29.6 Å². The van der Waals surface area contributed by atoms with Crippen LogP contribution >= 0.6 is 11.8 Å². The van der Waals surface area contributed by atoms with Gasteiger partial charge in [-0.25, -0.2) is 4.79 Å². The van der Waals surface area contributed by atoms with Crippen LogP contribution in [0, 0.1) is 29.6 Å². The Bertz CT molecular complexity index is 414. The van der Waals surface area contributed by atoms with Gasteiger partial charge in [-0.15, -0.1) is 0 Å². The summed E-state index contributed by atoms with van der Waals surface area (Å²) in [5, 5.41) is -0.0778. The van der Waals surface area contributed by atoms with E-state index in [-0.39, 0.29) is 10.9 Å². The highest BCUT2D eigenvalue weighted by molar-refractivity contribution is 8.13. The molecule has 3 saturated carbocycles. The largest absolute Gasteiger partial charge is 0.452 e. The van der Waals surface area contributed by atoms with Crippen molar-refractivity contribution in [1.82, 2.24) is 0 Å². The van der Waals surface area contributed by atoms with Crippen LogP contribution in [-0.4, -0.2) is 16.7 Å². The SMILES string of the molecule is CC(C)(C)OC(=O)SCC1CCCC2CC3CCCCC3CC12. The molecular weight excluding hydrogens is 304 g/mol. The molecule has 0 aromatic heterocycles. The maximum Gasteiger partial charge on any atom is 0.367 e. The fraction of sp³-hybridized carbons (Fsp3) is 0.950. The maximum atomic E-state index is 12.0. The Balaban J connectivity index is 1.54. The Hall–Kier alpha value is -0.180. The molecule has 0 amide bonds. The molecule has 3 fully saturated rings. The van der Waals surface area contributed by atoms with Crippen LogP contribution in [0.5, 0.6) is 0 Å². The average Bonchev–Trinajstić information content (AvgIpc) is 2.49. The van der Waals surface area contributed by atoms with Crippen molar-refractivity contribution >= 4 is 17.1 Å². The number of carbonyl (C=O) groups excluding carboxylic acids is 1. The van der Waals surface area contributed by atoms with Gasteiger partial charge in [-0.2, -0.15) is 0 Å². The molecule has 23 heavy (non-hydrogen) atoms. The fourth-order valence-electron chi connectivity index (χ4n) is 5.44. The molecule has 0 aromatic rings. The van der Waals surface area contributed by atoms with Gasteiger partial charge in [-0.05, 0) is 81.4 Å². The normalized spacial score (nSPS) is 37.6. The van der Waals surface area contributed by atoms with Crippen LogP contribution in [0.1, 0.15) is 78.6 Å². The fourth-order valence-corrected chi connectivity index (χ4v) is 6.51. The molecule has 5 unspecified atom stereocenters. The third-order valence-electron chi connectivity index (χ3n) is 6.41. The van der Waals surface area contributed by atoms with E-state index in [2.05, 4.69) is 0 Å². The van der Waals surface area contributed by atoms with Crippen LogP contribution in [0.3, 0.4) is 0 Å². The zero-order valence-corrected chi connectivity index (χ0v) is 16.0. The number of hydrogen-bond donors (Lipinski definition) is 0. The molecule has 0 bridgehead atoms. The average molecular weight is 339 g/mol. The first-order chi connectivity index (χ1) is 10.9. The molecule has 0 aliphatic heterocycles. The van der Waals surface area contributed by atoms with Gasteiger partial charge in [-0.1, -0.05) is 38.5 Å². The molecule has 0 N–H and O–H groups in total. The lowest BCUT2D eigenvalue weighted by Gasteiger charge is -2.49. The molecule has 132 valence electrons. The van der Waals surface area contributed by atoms with Gasteiger partial charge in [0, 0.05) is 5.75 Å². The molecule has 0 heterocycles. The summed E-state index contributed by atoms with van der Waals surface area (Å²) in [4.78, 5) is 12.0. The molecule has 0 saturated heterocycles. The Labute approximate surface area is 146 Å². The van der Waals surface area contributed by atoms with E-state index in [1.165, 1.54) is 69.5 Å². The van der Waals surface area contributed by atoms with Crippen molar-refractivity contribution < 1.29 is 9.53 Å². The standard InChI is InChI=1S/C20H34O2S/c1-20(2,3)22-19(21)23-13-17-10-6-9-16-11-14-7-4-5-8-15(14)12-18(16)17/h14-18H,4-13H2,1-3H3. The van der Waals surface area contributed by atoms with Crippen LogP contribution in [-0.2, 0) is 4.74 Å². The maximum absolute atomic E-state index is 12.0. The second-order valence-corrected chi connectivity index (χ2v) is 10.1. The summed E-state index contributed by atoms with van der Waals surface area (Å²) in [5.41, 5.74) is -0.362. The van der Waals surface area contributed by atoms with Crippen LogP contribution < -0.4 is 0 Å². The highest BCUT2D eigenvalue weighted by atomic mass is 32.2. The van der Waals surface area contributed by atoms with Crippen molar-refractivity contribution in [3.63, 3.8) is 0 Å². The van der Waals surface area contributed by atoms with Crippen molar-refractivity contribution in [2.45, 2.75) is 84.2 Å². The first-order valence-corrected chi connectivity index (χ1v) is 10.8. The van der Waals surface area contributed by atoms with Crippen molar-refractivity contribution in [3.8, 4) is 0 Å². The van der Waals surface area contributed by atoms with E-state index in [4.69, 9.17) is 4.74 Å². The third-order valence-corrected chi connectivity index (χ3v) is 7.33. The van der Waals surface area contributed by atoms with Gasteiger partial charge in [0.05, 0.1) is 0 Å². The van der Waals surface area contributed by atoms with Gasteiger partial charge in [0.25, 0.3) is 0 Å². The summed E-state index contributed by atoms with van der Waals surface area (Å²) in [6.07, 6.45) is 13.0. The Morgan fingerprint density at radius 2 is 1.61 bits per heavy atom. The molecule has 3 aliphatic carbocycles. The molecule has 5 atom stereocenters. The lowest BCUT2D eigenvalue weighted by atomic mass is 9.57. The van der Waals surface area contributed by atoms with Gasteiger partial charge in [0.1, 0.15) is 5.60 Å². The smallest absolute Gasteiger partial charge is 0.367 e. The molecule has 0 radical (unpaired) electrons. The molecule has 0 spiro atoms.